The van der Waals surface area contributed by atoms with Crippen LogP contribution in [0.3, 0.4) is 0 Å². The van der Waals surface area contributed by atoms with Crippen LogP contribution in [0.2, 0.25) is 0 Å². The Labute approximate surface area is 139 Å². The van der Waals surface area contributed by atoms with Crippen molar-refractivity contribution in [2.75, 3.05) is 26.2 Å². The van der Waals surface area contributed by atoms with E-state index in [2.05, 4.69) is 18.7 Å². The first-order valence-corrected chi connectivity index (χ1v) is 7.73. The quantitative estimate of drug-likeness (QED) is 0.752. The van der Waals surface area contributed by atoms with Gasteiger partial charge in [-0.2, -0.15) is 0 Å². The second-order valence-electron chi connectivity index (χ2n) is 5.64. The first kappa shape index (κ1) is 18.9. The molecule has 0 N–H and O–H groups in total. The Balaban J connectivity index is 0.00000242. The van der Waals surface area contributed by atoms with E-state index in [9.17, 15) is 4.79 Å². The molecule has 0 aromatic heterocycles. The predicted molar refractivity (Wildman–Crippen MR) is 90.3 cm³/mol. The van der Waals surface area contributed by atoms with Gasteiger partial charge in [0, 0.05) is 26.1 Å². The Hall–Kier alpha value is -1.10. The minimum atomic E-state index is 0. The van der Waals surface area contributed by atoms with Gasteiger partial charge in [-0.3, -0.25) is 9.69 Å². The summed E-state index contributed by atoms with van der Waals surface area (Å²) in [4.78, 5) is 14.2. The Morgan fingerprint density at radius 1 is 1.27 bits per heavy atom. The zero-order valence-electron chi connectivity index (χ0n) is 13.6. The van der Waals surface area contributed by atoms with Crippen molar-refractivity contribution in [3.63, 3.8) is 0 Å². The van der Waals surface area contributed by atoms with Gasteiger partial charge in [0.25, 0.3) is 0 Å². The van der Waals surface area contributed by atoms with Gasteiger partial charge in [0.15, 0.2) is 5.78 Å². The highest BCUT2D eigenvalue weighted by Gasteiger charge is 2.21. The van der Waals surface area contributed by atoms with Crippen molar-refractivity contribution >= 4 is 18.2 Å². The Bertz CT molecular complexity index is 471. The lowest BCUT2D eigenvalue weighted by Gasteiger charge is -2.35. The molecule has 0 bridgehead atoms. The second-order valence-corrected chi connectivity index (χ2v) is 5.64. The van der Waals surface area contributed by atoms with Gasteiger partial charge in [-0.1, -0.05) is 19.1 Å². The molecule has 2 atom stereocenters. The maximum Gasteiger partial charge on any atom is 0.166 e. The predicted octanol–water partition coefficient (Wildman–Crippen LogP) is 3.19. The van der Waals surface area contributed by atoms with Crippen molar-refractivity contribution in [2.45, 2.75) is 39.4 Å². The molecule has 0 spiro atoms. The van der Waals surface area contributed by atoms with Gasteiger partial charge >= 0.3 is 0 Å². The lowest BCUT2D eigenvalue weighted by Crippen LogP contribution is -2.46. The van der Waals surface area contributed by atoms with Crippen LogP contribution in [0.4, 0.5) is 0 Å². The highest BCUT2D eigenvalue weighted by atomic mass is 35.5. The molecule has 0 amide bonds. The minimum absolute atomic E-state index is 0. The van der Waals surface area contributed by atoms with Gasteiger partial charge in [-0.25, -0.2) is 0 Å². The van der Waals surface area contributed by atoms with Gasteiger partial charge in [-0.15, -0.1) is 12.4 Å². The molecule has 22 heavy (non-hydrogen) atoms. The summed E-state index contributed by atoms with van der Waals surface area (Å²) < 4.78 is 11.5. The molecule has 5 heteroatoms. The van der Waals surface area contributed by atoms with Crippen molar-refractivity contribution in [1.29, 1.82) is 0 Å². The largest absolute Gasteiger partial charge is 0.491 e. The van der Waals surface area contributed by atoms with Crippen LogP contribution in [-0.2, 0) is 4.74 Å². The molecule has 1 aromatic carbocycles. The number of carbonyl (C=O) groups is 1. The molecule has 1 aromatic rings. The maximum absolute atomic E-state index is 11.9. The molecule has 1 fully saturated rings. The third-order valence-electron chi connectivity index (χ3n) is 3.67. The van der Waals surface area contributed by atoms with E-state index in [0.29, 0.717) is 24.3 Å². The maximum atomic E-state index is 11.9. The number of morpholine rings is 1. The Kier molecular flexibility index (Phi) is 7.87. The van der Waals surface area contributed by atoms with Gasteiger partial charge < -0.3 is 9.47 Å². The molecule has 1 saturated heterocycles. The summed E-state index contributed by atoms with van der Waals surface area (Å²) >= 11 is 0. The Morgan fingerprint density at radius 2 is 1.91 bits per heavy atom. The van der Waals surface area contributed by atoms with E-state index < -0.39 is 0 Å². The molecule has 0 saturated carbocycles. The number of hydrogen-bond donors (Lipinski definition) is 0. The molecule has 1 heterocycles. The summed E-state index contributed by atoms with van der Waals surface area (Å²) in [5, 5.41) is 0. The van der Waals surface area contributed by atoms with E-state index in [1.165, 1.54) is 0 Å². The van der Waals surface area contributed by atoms with Crippen molar-refractivity contribution in [1.82, 2.24) is 4.90 Å². The van der Waals surface area contributed by atoms with E-state index >= 15 is 0 Å². The van der Waals surface area contributed by atoms with E-state index in [1.54, 1.807) is 0 Å². The number of ketones is 1. The van der Waals surface area contributed by atoms with E-state index in [0.717, 1.165) is 19.6 Å². The lowest BCUT2D eigenvalue weighted by atomic mass is 10.1. The number of rotatable bonds is 6. The summed E-state index contributed by atoms with van der Waals surface area (Å²) in [6.45, 7) is 9.37. The molecular weight excluding hydrogens is 302 g/mol. The van der Waals surface area contributed by atoms with Crippen LogP contribution in [0, 0.1) is 0 Å². The van der Waals surface area contributed by atoms with Gasteiger partial charge in [0.05, 0.1) is 17.8 Å². The molecule has 124 valence electrons. The number of hydrogen-bond acceptors (Lipinski definition) is 4. The topological polar surface area (TPSA) is 38.8 Å². The summed E-state index contributed by atoms with van der Waals surface area (Å²) in [6, 6.07) is 7.48. The van der Waals surface area contributed by atoms with Crippen molar-refractivity contribution in [3.05, 3.63) is 29.8 Å². The van der Waals surface area contributed by atoms with Crippen molar-refractivity contribution in [3.8, 4) is 5.75 Å². The fourth-order valence-corrected chi connectivity index (χ4v) is 2.76. The number of Topliss-reactive ketones (excluding diaryl/α,β-unsaturated/α-hetero) is 1. The van der Waals surface area contributed by atoms with Gasteiger partial charge in [0.1, 0.15) is 12.4 Å². The van der Waals surface area contributed by atoms with Crippen LogP contribution in [0.25, 0.3) is 0 Å². The first-order chi connectivity index (χ1) is 10.1. The zero-order valence-corrected chi connectivity index (χ0v) is 14.4. The van der Waals surface area contributed by atoms with Gasteiger partial charge in [-0.05, 0) is 26.0 Å². The molecule has 4 nitrogen and oxygen atoms in total. The highest BCUT2D eigenvalue weighted by Crippen LogP contribution is 2.19. The molecule has 1 aliphatic rings. The van der Waals surface area contributed by atoms with Crippen LogP contribution in [0.15, 0.2) is 24.3 Å². The second kappa shape index (κ2) is 9.13. The number of para-hydroxylation sites is 1. The van der Waals surface area contributed by atoms with Crippen LogP contribution < -0.4 is 4.74 Å². The van der Waals surface area contributed by atoms with E-state index in [4.69, 9.17) is 9.47 Å². The summed E-state index contributed by atoms with van der Waals surface area (Å²) in [5.74, 6) is 0.818. The summed E-state index contributed by atoms with van der Waals surface area (Å²) in [6.07, 6.45) is 1.03. The smallest absolute Gasteiger partial charge is 0.166 e. The fraction of sp³-hybridized carbons (Fsp3) is 0.588. The standard InChI is InChI=1S/C17H25NO3.ClH/c1-4-16(19)15-7-5-6-8-17(15)20-10-9-18-11-13(2)21-14(3)12-18;/h5-8,13-14H,4,9-12H2,1-3H3;1H. The summed E-state index contributed by atoms with van der Waals surface area (Å²) in [5.41, 5.74) is 0.684. The van der Waals surface area contributed by atoms with E-state index in [1.807, 2.05) is 31.2 Å². The van der Waals surface area contributed by atoms with Crippen LogP contribution in [0.1, 0.15) is 37.6 Å². The van der Waals surface area contributed by atoms with Crippen molar-refractivity contribution in [2.24, 2.45) is 0 Å². The highest BCUT2D eigenvalue weighted by molar-refractivity contribution is 5.98. The van der Waals surface area contributed by atoms with Crippen LogP contribution in [0.5, 0.6) is 5.75 Å². The number of carbonyl (C=O) groups excluding carboxylic acids is 1. The number of halogens is 1. The third-order valence-corrected chi connectivity index (χ3v) is 3.67. The number of benzene rings is 1. The average molecular weight is 328 g/mol. The molecule has 0 radical (unpaired) electrons. The normalized spacial score (nSPS) is 22.0. The zero-order chi connectivity index (χ0) is 15.2. The molecular formula is C17H26ClNO3. The summed E-state index contributed by atoms with van der Waals surface area (Å²) in [7, 11) is 0. The monoisotopic (exact) mass is 327 g/mol. The minimum Gasteiger partial charge on any atom is -0.491 e. The Morgan fingerprint density at radius 3 is 2.55 bits per heavy atom. The van der Waals surface area contributed by atoms with E-state index in [-0.39, 0.29) is 30.4 Å². The average Bonchev–Trinajstić information content (AvgIpc) is 2.46. The first-order valence-electron chi connectivity index (χ1n) is 7.73. The van der Waals surface area contributed by atoms with Crippen molar-refractivity contribution < 1.29 is 14.3 Å². The van der Waals surface area contributed by atoms with Crippen LogP contribution in [-0.4, -0.2) is 49.1 Å². The lowest BCUT2D eigenvalue weighted by molar-refractivity contribution is -0.0699. The van der Waals surface area contributed by atoms with Crippen LogP contribution >= 0.6 is 12.4 Å². The molecule has 2 rings (SSSR count). The number of nitrogens with zero attached hydrogens (tertiary/aromatic N) is 1. The molecule has 0 aliphatic carbocycles. The third kappa shape index (κ3) is 5.27. The molecule has 2 unspecified atom stereocenters. The SMILES string of the molecule is CCC(=O)c1ccccc1OCCN1CC(C)OC(C)C1.Cl. The number of ether oxygens (including phenoxy) is 2. The fourth-order valence-electron chi connectivity index (χ4n) is 2.76. The van der Waals surface area contributed by atoms with Gasteiger partial charge in [0.2, 0.25) is 0 Å². The molecule has 1 aliphatic heterocycles.